The summed E-state index contributed by atoms with van der Waals surface area (Å²) in [6.07, 6.45) is 0. The van der Waals surface area contributed by atoms with Crippen molar-refractivity contribution in [1.82, 2.24) is 0 Å². The van der Waals surface area contributed by atoms with E-state index in [-0.39, 0.29) is 0 Å². The van der Waals surface area contributed by atoms with Gasteiger partial charge in [-0.3, -0.25) is 0 Å². The van der Waals surface area contributed by atoms with Crippen LogP contribution in [0.3, 0.4) is 0 Å². The normalized spacial score (nSPS) is 10.5. The van der Waals surface area contributed by atoms with E-state index in [0.29, 0.717) is 0 Å². The highest BCUT2D eigenvalue weighted by molar-refractivity contribution is 7.32. The molecular formula is C2H3FO4P+. The molecule has 0 rings (SSSR count). The number of hydrogen-bond donors (Lipinski definition) is 1. The number of carbonyl (C=O) groups is 1. The third-order valence-electron chi connectivity index (χ3n) is 0.289. The largest absolute Gasteiger partial charge is 0.750 e. The van der Waals surface area contributed by atoms with Gasteiger partial charge in [-0.05, 0) is 0 Å². The molecule has 8 heavy (non-hydrogen) atoms. The molecule has 0 aliphatic rings. The molecule has 0 aliphatic heterocycles. The average Bonchev–Trinajstić information content (AvgIpc) is 1.65. The molecule has 6 heteroatoms. The van der Waals surface area contributed by atoms with E-state index in [2.05, 4.69) is 4.52 Å². The highest BCUT2D eigenvalue weighted by Gasteiger charge is 2.18. The summed E-state index contributed by atoms with van der Waals surface area (Å²) in [6.45, 7) is -1.37. The molecule has 46 valence electrons. The molecule has 0 aliphatic carbocycles. The summed E-state index contributed by atoms with van der Waals surface area (Å²) in [4.78, 5) is 17.4. The Bertz CT molecular complexity index is 113. The van der Waals surface area contributed by atoms with Gasteiger partial charge >= 0.3 is 14.2 Å². The maximum atomic E-state index is 11.0. The van der Waals surface area contributed by atoms with Crippen LogP contribution in [0.4, 0.5) is 4.39 Å². The summed E-state index contributed by atoms with van der Waals surface area (Å²) in [7, 11) is -2.99. The van der Waals surface area contributed by atoms with E-state index in [4.69, 9.17) is 4.89 Å². The average molecular weight is 141 g/mol. The van der Waals surface area contributed by atoms with Crippen molar-refractivity contribution in [2.45, 2.75) is 0 Å². The van der Waals surface area contributed by atoms with Gasteiger partial charge < -0.3 is 0 Å². The van der Waals surface area contributed by atoms with E-state index in [0.717, 1.165) is 0 Å². The summed E-state index contributed by atoms with van der Waals surface area (Å²) >= 11 is 0. The molecule has 0 fully saturated rings. The van der Waals surface area contributed by atoms with Gasteiger partial charge in [0.25, 0.3) is 0 Å². The minimum Gasteiger partial charge on any atom is -0.243 e. The predicted molar refractivity (Wildman–Crippen MR) is 21.9 cm³/mol. The third kappa shape index (κ3) is 3.64. The molecule has 0 aromatic carbocycles. The second-order valence-electron chi connectivity index (χ2n) is 0.835. The number of carbonyl (C=O) groups excluding carboxylic acids is 1. The Kier molecular flexibility index (Phi) is 3.23. The molecule has 0 heterocycles. The first-order chi connectivity index (χ1) is 3.66. The van der Waals surface area contributed by atoms with Gasteiger partial charge in [0, 0.05) is 4.57 Å². The van der Waals surface area contributed by atoms with Crippen molar-refractivity contribution >= 4 is 14.2 Å². The van der Waals surface area contributed by atoms with Gasteiger partial charge in [-0.25, -0.2) is 9.18 Å². The fourth-order valence-corrected chi connectivity index (χ4v) is 0.334. The third-order valence-corrected chi connectivity index (χ3v) is 0.649. The number of hydrogen-bond acceptors (Lipinski definition) is 3. The first-order valence-electron chi connectivity index (χ1n) is 1.59. The highest BCUT2D eigenvalue weighted by Crippen LogP contribution is 2.13. The van der Waals surface area contributed by atoms with E-state index in [1.807, 2.05) is 0 Å². The van der Waals surface area contributed by atoms with Crippen LogP contribution in [0.1, 0.15) is 0 Å². The van der Waals surface area contributed by atoms with Crippen LogP contribution in [0.2, 0.25) is 0 Å². The predicted octanol–water partition coefficient (Wildman–Crippen LogP) is 0.149. The van der Waals surface area contributed by atoms with Crippen LogP contribution >= 0.6 is 8.25 Å². The second kappa shape index (κ2) is 3.46. The molecule has 1 N–H and O–H groups in total. The van der Waals surface area contributed by atoms with Crippen molar-refractivity contribution in [2.24, 2.45) is 0 Å². The second-order valence-corrected chi connectivity index (χ2v) is 1.49. The standard InChI is InChI=1S/C2H2FO4P/c3-1-2(4)7-8(5)6/h1H2/p+1. The number of rotatable bonds is 2. The van der Waals surface area contributed by atoms with E-state index in [1.54, 1.807) is 0 Å². The Morgan fingerprint density at radius 2 is 2.38 bits per heavy atom. The fraction of sp³-hybridized carbons (Fsp3) is 0.500. The van der Waals surface area contributed by atoms with E-state index in [9.17, 15) is 13.8 Å². The Hall–Kier alpha value is -0.540. The molecule has 1 unspecified atom stereocenters. The highest BCUT2D eigenvalue weighted by atomic mass is 31.1. The number of alkyl halides is 1. The summed E-state index contributed by atoms with van der Waals surface area (Å²) in [5.41, 5.74) is 0. The molecule has 0 spiro atoms. The van der Waals surface area contributed by atoms with Crippen LogP contribution < -0.4 is 0 Å². The van der Waals surface area contributed by atoms with Crippen molar-refractivity contribution in [3.8, 4) is 0 Å². The zero-order chi connectivity index (χ0) is 6.57. The molecule has 1 atom stereocenters. The Morgan fingerprint density at radius 1 is 1.88 bits per heavy atom. The van der Waals surface area contributed by atoms with Gasteiger partial charge in [0.2, 0.25) is 0 Å². The van der Waals surface area contributed by atoms with Gasteiger partial charge in [0.15, 0.2) is 6.67 Å². The van der Waals surface area contributed by atoms with E-state index in [1.165, 1.54) is 0 Å². The van der Waals surface area contributed by atoms with Crippen molar-refractivity contribution < 1.29 is 23.2 Å². The van der Waals surface area contributed by atoms with Crippen LogP contribution in [0.25, 0.3) is 0 Å². The van der Waals surface area contributed by atoms with Crippen LogP contribution in [-0.4, -0.2) is 17.5 Å². The topological polar surface area (TPSA) is 63.6 Å². The van der Waals surface area contributed by atoms with Crippen LogP contribution in [0, 0.1) is 0 Å². The Labute approximate surface area is 45.2 Å². The zero-order valence-corrected chi connectivity index (χ0v) is 4.60. The van der Waals surface area contributed by atoms with Gasteiger partial charge in [-0.1, -0.05) is 0 Å². The number of halogens is 1. The monoisotopic (exact) mass is 141 g/mol. The van der Waals surface area contributed by atoms with Gasteiger partial charge in [0.1, 0.15) is 0 Å². The molecular weight excluding hydrogens is 138 g/mol. The lowest BCUT2D eigenvalue weighted by Crippen LogP contribution is -1.99. The lowest BCUT2D eigenvalue weighted by atomic mass is 10.8. The van der Waals surface area contributed by atoms with E-state index >= 15 is 0 Å². The molecule has 0 aromatic rings. The summed E-state index contributed by atoms with van der Waals surface area (Å²) in [5.74, 6) is -1.33. The Balaban J connectivity index is 3.40. The van der Waals surface area contributed by atoms with Crippen molar-refractivity contribution in [2.75, 3.05) is 6.67 Å². The first-order valence-corrected chi connectivity index (χ1v) is 2.72. The van der Waals surface area contributed by atoms with Crippen LogP contribution in [0.15, 0.2) is 0 Å². The summed E-state index contributed by atoms with van der Waals surface area (Å²) < 4.78 is 24.0. The fourth-order valence-electron chi connectivity index (χ4n) is 0.111. The van der Waals surface area contributed by atoms with Gasteiger partial charge in [-0.2, -0.15) is 4.52 Å². The summed E-state index contributed by atoms with van der Waals surface area (Å²) in [5, 5.41) is 0. The van der Waals surface area contributed by atoms with E-state index < -0.39 is 20.9 Å². The van der Waals surface area contributed by atoms with Crippen LogP contribution in [0.5, 0.6) is 0 Å². The van der Waals surface area contributed by atoms with Gasteiger partial charge in [-0.15, -0.1) is 4.89 Å². The molecule has 0 saturated heterocycles. The molecule has 4 nitrogen and oxygen atoms in total. The van der Waals surface area contributed by atoms with Crippen molar-refractivity contribution in [1.29, 1.82) is 0 Å². The van der Waals surface area contributed by atoms with Crippen molar-refractivity contribution in [3.05, 3.63) is 0 Å². The summed E-state index contributed by atoms with van der Waals surface area (Å²) in [6, 6.07) is 0. The maximum Gasteiger partial charge on any atom is 0.750 e. The SMILES string of the molecule is O=C(CF)O[P+](=O)O. The molecule has 0 aromatic heterocycles. The Morgan fingerprint density at radius 3 is 2.50 bits per heavy atom. The van der Waals surface area contributed by atoms with Gasteiger partial charge in [0.05, 0.1) is 0 Å². The quantitative estimate of drug-likeness (QED) is 0.556. The molecule has 0 radical (unpaired) electrons. The minimum absolute atomic E-state index is 1.33. The minimum atomic E-state index is -2.99. The molecule has 0 saturated carbocycles. The molecule has 0 amide bonds. The zero-order valence-electron chi connectivity index (χ0n) is 3.70. The lowest BCUT2D eigenvalue weighted by Gasteiger charge is -1.76. The smallest absolute Gasteiger partial charge is 0.243 e. The lowest BCUT2D eigenvalue weighted by molar-refractivity contribution is -0.135. The van der Waals surface area contributed by atoms with Crippen LogP contribution in [-0.2, 0) is 13.9 Å². The maximum absolute atomic E-state index is 11.0. The molecule has 0 bridgehead atoms. The first kappa shape index (κ1) is 7.46. The van der Waals surface area contributed by atoms with Crippen molar-refractivity contribution in [3.63, 3.8) is 0 Å².